The van der Waals surface area contributed by atoms with Gasteiger partial charge < -0.3 is 5.32 Å². The summed E-state index contributed by atoms with van der Waals surface area (Å²) in [6.07, 6.45) is 1.52. The lowest BCUT2D eigenvalue weighted by molar-refractivity contribution is -0.121. The third-order valence-corrected chi connectivity index (χ3v) is 4.71. The van der Waals surface area contributed by atoms with Crippen LogP contribution in [-0.2, 0) is 9.59 Å². The Labute approximate surface area is 134 Å². The summed E-state index contributed by atoms with van der Waals surface area (Å²) < 4.78 is 0. The molecule has 1 atom stereocenters. The fourth-order valence-electron chi connectivity index (χ4n) is 2.02. The van der Waals surface area contributed by atoms with Crippen LogP contribution in [0.5, 0.6) is 0 Å². The molecule has 2 heterocycles. The predicted molar refractivity (Wildman–Crippen MR) is 86.1 cm³/mol. The van der Waals surface area contributed by atoms with Crippen molar-refractivity contribution in [2.45, 2.75) is 11.7 Å². The van der Waals surface area contributed by atoms with Gasteiger partial charge in [-0.1, -0.05) is 18.2 Å². The Morgan fingerprint density at radius 3 is 2.73 bits per heavy atom. The summed E-state index contributed by atoms with van der Waals surface area (Å²) in [7, 11) is 0. The van der Waals surface area contributed by atoms with Crippen molar-refractivity contribution >= 4 is 51.0 Å². The highest BCUT2D eigenvalue weighted by atomic mass is 32.2. The average molecular weight is 333 g/mol. The molecule has 3 rings (SSSR count). The smallest absolute Gasteiger partial charge is 0.293 e. The molecule has 6 nitrogen and oxygen atoms in total. The van der Waals surface area contributed by atoms with Crippen LogP contribution in [-0.4, -0.2) is 27.3 Å². The van der Waals surface area contributed by atoms with E-state index in [0.717, 1.165) is 16.7 Å². The number of nitrogens with zero attached hydrogens (tertiary/aromatic N) is 2. The fraction of sp³-hybridized carbons (Fsp3) is 0.143. The van der Waals surface area contributed by atoms with E-state index in [1.54, 1.807) is 41.9 Å². The molecule has 1 N–H and O–H groups in total. The van der Waals surface area contributed by atoms with Crippen molar-refractivity contribution in [2.75, 3.05) is 10.2 Å². The lowest BCUT2D eigenvalue weighted by Crippen LogP contribution is -2.32. The van der Waals surface area contributed by atoms with Crippen LogP contribution in [0.4, 0.5) is 15.6 Å². The number of nitrogens with one attached hydrogen (secondary N) is 1. The predicted octanol–water partition coefficient (Wildman–Crippen LogP) is 2.74. The van der Waals surface area contributed by atoms with Crippen LogP contribution in [0.2, 0.25) is 0 Å². The molecule has 0 unspecified atom stereocenters. The minimum atomic E-state index is -0.701. The van der Waals surface area contributed by atoms with Crippen LogP contribution in [0.1, 0.15) is 6.42 Å². The molecule has 1 aliphatic heterocycles. The standard InChI is InChI=1S/C14H11N3O3S2/c18-11(16-13-15-6-7-21-13)8-10-12(19)17(14(20)22-10)9-4-2-1-3-5-9/h1-7,10H,8H2,(H,15,16,18)/t10-/m1/s1. The van der Waals surface area contributed by atoms with E-state index in [1.165, 1.54) is 11.3 Å². The zero-order valence-corrected chi connectivity index (χ0v) is 12.9. The number of aromatic nitrogens is 1. The molecule has 1 fully saturated rings. The Bertz CT molecular complexity index is 703. The van der Waals surface area contributed by atoms with Gasteiger partial charge in [0.1, 0.15) is 5.25 Å². The fourth-order valence-corrected chi connectivity index (χ4v) is 3.55. The van der Waals surface area contributed by atoms with Gasteiger partial charge in [0, 0.05) is 18.0 Å². The van der Waals surface area contributed by atoms with Gasteiger partial charge in [-0.3, -0.25) is 14.4 Å². The Morgan fingerprint density at radius 2 is 2.05 bits per heavy atom. The molecular weight excluding hydrogens is 322 g/mol. The van der Waals surface area contributed by atoms with Gasteiger partial charge in [0.2, 0.25) is 11.8 Å². The van der Waals surface area contributed by atoms with Crippen LogP contribution in [0.15, 0.2) is 41.9 Å². The van der Waals surface area contributed by atoms with Crippen LogP contribution >= 0.6 is 23.1 Å². The number of imide groups is 1. The number of para-hydroxylation sites is 1. The van der Waals surface area contributed by atoms with Crippen LogP contribution in [0.3, 0.4) is 0 Å². The number of thioether (sulfide) groups is 1. The summed E-state index contributed by atoms with van der Waals surface area (Å²) in [5.41, 5.74) is 0.521. The maximum Gasteiger partial charge on any atom is 0.293 e. The minimum absolute atomic E-state index is 0.0574. The van der Waals surface area contributed by atoms with E-state index >= 15 is 0 Å². The van der Waals surface area contributed by atoms with Gasteiger partial charge >= 0.3 is 0 Å². The minimum Gasteiger partial charge on any atom is -0.302 e. The molecule has 1 saturated heterocycles. The van der Waals surface area contributed by atoms with E-state index in [9.17, 15) is 14.4 Å². The van der Waals surface area contributed by atoms with Crippen molar-refractivity contribution in [1.29, 1.82) is 0 Å². The highest BCUT2D eigenvalue weighted by Gasteiger charge is 2.41. The van der Waals surface area contributed by atoms with Gasteiger partial charge in [0.15, 0.2) is 5.13 Å². The highest BCUT2D eigenvalue weighted by molar-refractivity contribution is 8.15. The van der Waals surface area contributed by atoms with E-state index in [4.69, 9.17) is 0 Å². The number of benzene rings is 1. The maximum atomic E-state index is 12.3. The average Bonchev–Trinajstić information content (AvgIpc) is 3.09. The summed E-state index contributed by atoms with van der Waals surface area (Å²) in [6, 6.07) is 8.69. The largest absolute Gasteiger partial charge is 0.302 e. The van der Waals surface area contributed by atoms with E-state index in [0.29, 0.717) is 10.8 Å². The Kier molecular flexibility index (Phi) is 4.21. The van der Waals surface area contributed by atoms with Crippen molar-refractivity contribution in [3.05, 3.63) is 41.9 Å². The number of rotatable bonds is 4. The van der Waals surface area contributed by atoms with Gasteiger partial charge in [-0.25, -0.2) is 9.88 Å². The molecule has 2 aromatic rings. The third-order valence-electron chi connectivity index (χ3n) is 2.99. The molecule has 0 aliphatic carbocycles. The number of carbonyl (C=O) groups excluding carboxylic acids is 3. The molecule has 1 aromatic carbocycles. The number of anilines is 2. The van der Waals surface area contributed by atoms with Gasteiger partial charge in [0.25, 0.3) is 5.24 Å². The first-order valence-electron chi connectivity index (χ1n) is 6.44. The molecule has 8 heteroatoms. The van der Waals surface area contributed by atoms with Crippen LogP contribution in [0, 0.1) is 0 Å². The summed E-state index contributed by atoms with van der Waals surface area (Å²) in [6.45, 7) is 0. The third kappa shape index (κ3) is 3.02. The normalized spacial score (nSPS) is 17.8. The molecule has 0 spiro atoms. The molecule has 0 saturated carbocycles. The Balaban J connectivity index is 1.68. The zero-order valence-electron chi connectivity index (χ0n) is 11.3. The van der Waals surface area contributed by atoms with Gasteiger partial charge in [-0.05, 0) is 23.9 Å². The summed E-state index contributed by atoms with van der Waals surface area (Å²) >= 11 is 2.17. The maximum absolute atomic E-state index is 12.3. The first-order valence-corrected chi connectivity index (χ1v) is 8.20. The Morgan fingerprint density at radius 1 is 1.27 bits per heavy atom. The first-order chi connectivity index (χ1) is 10.6. The summed E-state index contributed by atoms with van der Waals surface area (Å²) in [5, 5.41) is 3.77. The first kappa shape index (κ1) is 14.7. The second-order valence-corrected chi connectivity index (χ2v) is 6.52. The zero-order chi connectivity index (χ0) is 15.5. The van der Waals surface area contributed by atoms with Gasteiger partial charge in [-0.2, -0.15) is 0 Å². The second-order valence-electron chi connectivity index (χ2n) is 4.47. The van der Waals surface area contributed by atoms with Gasteiger partial charge in [-0.15, -0.1) is 11.3 Å². The van der Waals surface area contributed by atoms with Gasteiger partial charge in [0.05, 0.1) is 5.69 Å². The molecular formula is C14H11N3O3S2. The number of hydrogen-bond donors (Lipinski definition) is 1. The van der Waals surface area contributed by atoms with Crippen LogP contribution in [0.25, 0.3) is 0 Å². The van der Waals surface area contributed by atoms with Crippen molar-refractivity contribution in [3.8, 4) is 0 Å². The summed E-state index contributed by atoms with van der Waals surface area (Å²) in [5.74, 6) is -0.695. The Hall–Kier alpha value is -2.19. The lowest BCUT2D eigenvalue weighted by Gasteiger charge is -2.13. The van der Waals surface area contributed by atoms with Crippen molar-refractivity contribution in [1.82, 2.24) is 4.98 Å². The van der Waals surface area contributed by atoms with E-state index in [1.807, 2.05) is 0 Å². The number of carbonyl (C=O) groups is 3. The van der Waals surface area contributed by atoms with E-state index in [-0.39, 0.29) is 23.5 Å². The number of thiazole rings is 1. The quantitative estimate of drug-likeness (QED) is 0.930. The molecule has 0 bridgehead atoms. The SMILES string of the molecule is O=C(C[C@H]1SC(=O)N(c2ccccc2)C1=O)Nc1nccs1. The number of amides is 3. The number of hydrogen-bond acceptors (Lipinski definition) is 6. The molecule has 0 radical (unpaired) electrons. The van der Waals surface area contributed by atoms with Crippen molar-refractivity contribution < 1.29 is 14.4 Å². The molecule has 3 amide bonds. The highest BCUT2D eigenvalue weighted by Crippen LogP contribution is 2.33. The molecule has 1 aliphatic rings. The second kappa shape index (κ2) is 6.29. The van der Waals surface area contributed by atoms with E-state index in [2.05, 4.69) is 10.3 Å². The molecule has 112 valence electrons. The van der Waals surface area contributed by atoms with E-state index < -0.39 is 5.25 Å². The van der Waals surface area contributed by atoms with Crippen LogP contribution < -0.4 is 10.2 Å². The molecule has 22 heavy (non-hydrogen) atoms. The summed E-state index contributed by atoms with van der Waals surface area (Å²) in [4.78, 5) is 41.3. The monoisotopic (exact) mass is 333 g/mol. The lowest BCUT2D eigenvalue weighted by atomic mass is 10.2. The molecule has 1 aromatic heterocycles. The topological polar surface area (TPSA) is 79.4 Å². The van der Waals surface area contributed by atoms with Crippen molar-refractivity contribution in [3.63, 3.8) is 0 Å². The van der Waals surface area contributed by atoms with Crippen molar-refractivity contribution in [2.24, 2.45) is 0 Å².